The van der Waals surface area contributed by atoms with Crippen molar-refractivity contribution in [2.45, 2.75) is 26.3 Å². The molecular weight excluding hydrogens is 286 g/mol. The van der Waals surface area contributed by atoms with Crippen LogP contribution in [0.4, 0.5) is 5.82 Å². The summed E-state index contributed by atoms with van der Waals surface area (Å²) in [4.78, 5) is 25.2. The van der Waals surface area contributed by atoms with Crippen LogP contribution in [0.15, 0.2) is 6.20 Å². The molecule has 1 unspecified atom stereocenters. The number of imidazole rings is 1. The Morgan fingerprint density at radius 2 is 2.50 bits per heavy atom. The molecule has 0 amide bonds. The lowest BCUT2D eigenvalue weighted by molar-refractivity contribution is -0.389. The molecular formula is C12H16ClN3O4. The number of hydrogen-bond acceptors (Lipinski definition) is 5. The Morgan fingerprint density at radius 3 is 3.15 bits per heavy atom. The number of Topliss-reactive ketones (excluding diaryl/α,β-unsaturated/α-hetero) is 1. The van der Waals surface area contributed by atoms with E-state index in [4.69, 9.17) is 16.3 Å². The van der Waals surface area contributed by atoms with Crippen LogP contribution in [0.3, 0.4) is 0 Å². The van der Waals surface area contributed by atoms with Gasteiger partial charge in [-0.1, -0.05) is 6.92 Å². The van der Waals surface area contributed by atoms with Crippen molar-refractivity contribution in [1.29, 1.82) is 0 Å². The van der Waals surface area contributed by atoms with Crippen molar-refractivity contribution in [2.24, 2.45) is 11.8 Å². The summed E-state index contributed by atoms with van der Waals surface area (Å²) in [7, 11) is 0. The van der Waals surface area contributed by atoms with E-state index < -0.39 is 4.92 Å². The van der Waals surface area contributed by atoms with Gasteiger partial charge < -0.3 is 14.9 Å². The van der Waals surface area contributed by atoms with Crippen molar-refractivity contribution in [1.82, 2.24) is 9.55 Å². The van der Waals surface area contributed by atoms with Gasteiger partial charge in [0.1, 0.15) is 12.0 Å². The van der Waals surface area contributed by atoms with Crippen LogP contribution in [0.1, 0.15) is 19.8 Å². The minimum atomic E-state index is -0.536. The molecule has 2 heterocycles. The molecule has 8 heteroatoms. The summed E-state index contributed by atoms with van der Waals surface area (Å²) in [5, 5.41) is 10.7. The highest BCUT2D eigenvalue weighted by atomic mass is 35.5. The molecule has 0 aliphatic carbocycles. The summed E-state index contributed by atoms with van der Waals surface area (Å²) < 4.78 is 7.09. The molecule has 0 saturated carbocycles. The molecule has 0 bridgehead atoms. The summed E-state index contributed by atoms with van der Waals surface area (Å²) in [6.45, 7) is 3.08. The Hall–Kier alpha value is -1.63. The topological polar surface area (TPSA) is 87.3 Å². The van der Waals surface area contributed by atoms with E-state index in [-0.39, 0.29) is 35.3 Å². The van der Waals surface area contributed by atoms with E-state index in [1.807, 2.05) is 6.92 Å². The fraction of sp³-hybridized carbons (Fsp3) is 0.667. The lowest BCUT2D eigenvalue weighted by Gasteiger charge is -2.24. The maximum atomic E-state index is 11.3. The Bertz CT molecular complexity index is 517. The van der Waals surface area contributed by atoms with E-state index in [1.165, 1.54) is 6.20 Å². The van der Waals surface area contributed by atoms with Crippen LogP contribution >= 0.6 is 11.6 Å². The Labute approximate surface area is 121 Å². The zero-order chi connectivity index (χ0) is 14.7. The molecule has 110 valence electrons. The van der Waals surface area contributed by atoms with Crippen LogP contribution in [-0.4, -0.2) is 32.7 Å². The van der Waals surface area contributed by atoms with Gasteiger partial charge in [0.15, 0.2) is 0 Å². The van der Waals surface area contributed by atoms with Crippen LogP contribution in [0.25, 0.3) is 0 Å². The number of carbonyl (C=O) groups is 1. The molecule has 0 radical (unpaired) electrons. The summed E-state index contributed by atoms with van der Waals surface area (Å²) in [5.74, 6) is 0.314. The lowest BCUT2D eigenvalue weighted by atomic mass is 9.92. The largest absolute Gasteiger partial charge is 0.445 e. The SMILES string of the molecule is CC(CC(=O)CCl)C[C@@H]1COc2nc([N+](=O)[O-])cn2C1. The highest BCUT2D eigenvalue weighted by Crippen LogP contribution is 2.27. The summed E-state index contributed by atoms with van der Waals surface area (Å²) in [6.07, 6.45) is 2.65. The van der Waals surface area contributed by atoms with E-state index in [1.54, 1.807) is 4.57 Å². The fourth-order valence-corrected chi connectivity index (χ4v) is 2.59. The molecule has 0 aromatic carbocycles. The van der Waals surface area contributed by atoms with Gasteiger partial charge in [0.05, 0.1) is 12.5 Å². The average Bonchev–Trinajstić information content (AvgIpc) is 2.81. The van der Waals surface area contributed by atoms with Crippen LogP contribution in [-0.2, 0) is 11.3 Å². The highest BCUT2D eigenvalue weighted by molar-refractivity contribution is 6.27. The smallest absolute Gasteiger partial charge is 0.414 e. The number of nitrogens with zero attached hydrogens (tertiary/aromatic N) is 3. The Morgan fingerprint density at radius 1 is 1.75 bits per heavy atom. The van der Waals surface area contributed by atoms with Crippen LogP contribution < -0.4 is 4.74 Å². The van der Waals surface area contributed by atoms with Gasteiger partial charge >= 0.3 is 11.8 Å². The monoisotopic (exact) mass is 301 g/mol. The quantitative estimate of drug-likeness (QED) is 0.456. The van der Waals surface area contributed by atoms with Crippen LogP contribution in [0, 0.1) is 22.0 Å². The number of halogens is 1. The van der Waals surface area contributed by atoms with Gasteiger partial charge in [-0.3, -0.25) is 9.36 Å². The molecule has 2 atom stereocenters. The predicted molar refractivity (Wildman–Crippen MR) is 72.0 cm³/mol. The summed E-state index contributed by atoms with van der Waals surface area (Å²) in [6, 6.07) is 0.289. The molecule has 0 saturated heterocycles. The second kappa shape index (κ2) is 6.21. The Kier molecular flexibility index (Phi) is 4.59. The third kappa shape index (κ3) is 3.47. The summed E-state index contributed by atoms with van der Waals surface area (Å²) in [5.41, 5.74) is 0. The first-order chi connectivity index (χ1) is 9.49. The van der Waals surface area contributed by atoms with E-state index in [9.17, 15) is 14.9 Å². The highest BCUT2D eigenvalue weighted by Gasteiger charge is 2.28. The summed E-state index contributed by atoms with van der Waals surface area (Å²) >= 11 is 5.49. The van der Waals surface area contributed by atoms with Crippen molar-refractivity contribution < 1.29 is 14.5 Å². The zero-order valence-electron chi connectivity index (χ0n) is 11.1. The van der Waals surface area contributed by atoms with E-state index in [2.05, 4.69) is 4.98 Å². The number of ketones is 1. The van der Waals surface area contributed by atoms with Gasteiger partial charge in [0, 0.05) is 23.9 Å². The van der Waals surface area contributed by atoms with Crippen LogP contribution in [0.2, 0.25) is 0 Å². The number of hydrogen-bond donors (Lipinski definition) is 0. The van der Waals surface area contributed by atoms with Crippen molar-refractivity contribution >= 4 is 23.2 Å². The maximum absolute atomic E-state index is 11.3. The molecule has 1 aromatic rings. The fourth-order valence-electron chi connectivity index (χ4n) is 2.48. The molecule has 0 N–H and O–H groups in total. The number of ether oxygens (including phenoxy) is 1. The van der Waals surface area contributed by atoms with Crippen LogP contribution in [0.5, 0.6) is 6.01 Å². The molecule has 0 fully saturated rings. The van der Waals surface area contributed by atoms with E-state index >= 15 is 0 Å². The second-order valence-electron chi connectivity index (χ2n) is 5.19. The van der Waals surface area contributed by atoms with Gasteiger partial charge in [-0.2, -0.15) is 0 Å². The van der Waals surface area contributed by atoms with Gasteiger partial charge in [-0.05, 0) is 17.3 Å². The standard InChI is InChI=1S/C12H16ClN3O4/c1-8(3-10(17)4-13)2-9-5-15-6-11(16(18)19)14-12(15)20-7-9/h6,8-9H,2-5,7H2,1H3/t8?,9-/m0/s1. The number of aromatic nitrogens is 2. The van der Waals surface area contributed by atoms with Crippen molar-refractivity contribution in [3.8, 4) is 6.01 Å². The number of fused-ring (bicyclic) bond motifs is 1. The number of alkyl halides is 1. The molecule has 1 aliphatic heterocycles. The zero-order valence-corrected chi connectivity index (χ0v) is 11.9. The van der Waals surface area contributed by atoms with E-state index in [0.29, 0.717) is 19.6 Å². The molecule has 2 rings (SSSR count). The first kappa shape index (κ1) is 14.8. The number of nitro groups is 1. The molecule has 0 spiro atoms. The van der Waals surface area contributed by atoms with Crippen molar-refractivity contribution in [2.75, 3.05) is 12.5 Å². The maximum Gasteiger partial charge on any atom is 0.414 e. The average molecular weight is 302 g/mol. The third-order valence-corrected chi connectivity index (χ3v) is 3.58. The normalized spacial score (nSPS) is 19.0. The molecule has 7 nitrogen and oxygen atoms in total. The Balaban J connectivity index is 1.93. The van der Waals surface area contributed by atoms with E-state index in [0.717, 1.165) is 6.42 Å². The van der Waals surface area contributed by atoms with Gasteiger partial charge in [0.2, 0.25) is 0 Å². The van der Waals surface area contributed by atoms with Crippen molar-refractivity contribution in [3.05, 3.63) is 16.3 Å². The minimum Gasteiger partial charge on any atom is -0.445 e. The van der Waals surface area contributed by atoms with Gasteiger partial charge in [-0.25, -0.2) is 0 Å². The first-order valence-corrected chi connectivity index (χ1v) is 6.95. The molecule has 20 heavy (non-hydrogen) atoms. The number of rotatable bonds is 6. The third-order valence-electron chi connectivity index (χ3n) is 3.28. The minimum absolute atomic E-state index is 0.0369. The predicted octanol–water partition coefficient (Wildman–Crippen LogP) is 2.02. The molecule has 1 aliphatic rings. The van der Waals surface area contributed by atoms with Gasteiger partial charge in [0.25, 0.3) is 0 Å². The number of carbonyl (C=O) groups excluding carboxylic acids is 1. The lowest BCUT2D eigenvalue weighted by Crippen LogP contribution is -2.27. The van der Waals surface area contributed by atoms with Crippen molar-refractivity contribution in [3.63, 3.8) is 0 Å². The van der Waals surface area contributed by atoms with Gasteiger partial charge in [-0.15, -0.1) is 11.6 Å². The molecule has 1 aromatic heterocycles. The second-order valence-corrected chi connectivity index (χ2v) is 5.45. The first-order valence-electron chi connectivity index (χ1n) is 6.41.